The Bertz CT molecular complexity index is 271. The number of aliphatic hydroxyl groups is 1. The quantitative estimate of drug-likeness (QED) is 0.780. The smallest absolute Gasteiger partial charge is 0.169 e. The molecule has 2 aliphatic rings. The third kappa shape index (κ3) is 4.08. The van der Waals surface area contributed by atoms with Crippen LogP contribution in [0.4, 0.5) is 0 Å². The molecule has 2 N–H and O–H groups in total. The van der Waals surface area contributed by atoms with Gasteiger partial charge in [0.15, 0.2) is 5.79 Å². The zero-order chi connectivity index (χ0) is 13.7. The second-order valence-electron chi connectivity index (χ2n) is 5.58. The van der Waals surface area contributed by atoms with Gasteiger partial charge in [-0.15, -0.1) is 0 Å². The molecule has 3 unspecified atom stereocenters. The van der Waals surface area contributed by atoms with Gasteiger partial charge in [0, 0.05) is 29.4 Å². The zero-order valence-electron chi connectivity index (χ0n) is 12.1. The summed E-state index contributed by atoms with van der Waals surface area (Å²) in [6.07, 6.45) is 4.17. The summed E-state index contributed by atoms with van der Waals surface area (Å²) in [5.41, 5.74) is 0. The van der Waals surface area contributed by atoms with E-state index in [1.807, 2.05) is 11.8 Å². The molecule has 1 heterocycles. The van der Waals surface area contributed by atoms with E-state index in [1.165, 1.54) is 0 Å². The van der Waals surface area contributed by atoms with E-state index in [2.05, 4.69) is 19.2 Å². The number of rotatable bonds is 6. The predicted molar refractivity (Wildman–Crippen MR) is 78.5 cm³/mol. The van der Waals surface area contributed by atoms with Gasteiger partial charge >= 0.3 is 0 Å². The number of hydrogen-bond donors (Lipinski definition) is 2. The fourth-order valence-electron chi connectivity index (χ4n) is 2.92. The number of thioether (sulfide) groups is 1. The molecule has 0 bridgehead atoms. The highest BCUT2D eigenvalue weighted by molar-refractivity contribution is 8.00. The van der Waals surface area contributed by atoms with Crippen molar-refractivity contribution < 1.29 is 14.6 Å². The van der Waals surface area contributed by atoms with Crippen LogP contribution in [0.2, 0.25) is 0 Å². The first-order valence-electron chi connectivity index (χ1n) is 7.47. The van der Waals surface area contributed by atoms with E-state index in [4.69, 9.17) is 9.47 Å². The van der Waals surface area contributed by atoms with Gasteiger partial charge in [-0.25, -0.2) is 0 Å². The van der Waals surface area contributed by atoms with Gasteiger partial charge in [0.1, 0.15) is 0 Å². The number of nitrogens with one attached hydrogen (secondary N) is 1. The molecule has 0 aromatic rings. The molecule has 19 heavy (non-hydrogen) atoms. The van der Waals surface area contributed by atoms with Crippen molar-refractivity contribution in [1.29, 1.82) is 0 Å². The van der Waals surface area contributed by atoms with Crippen LogP contribution in [0, 0.1) is 0 Å². The molecule has 0 radical (unpaired) electrons. The summed E-state index contributed by atoms with van der Waals surface area (Å²) in [6, 6.07) is 0.511. The maximum absolute atomic E-state index is 9.28. The summed E-state index contributed by atoms with van der Waals surface area (Å²) in [7, 11) is 0. The molecule has 1 aliphatic carbocycles. The summed E-state index contributed by atoms with van der Waals surface area (Å²) in [5, 5.41) is 13.7. The monoisotopic (exact) mass is 289 g/mol. The molecule has 2 fully saturated rings. The summed E-state index contributed by atoms with van der Waals surface area (Å²) in [6.45, 7) is 7.01. The maximum atomic E-state index is 9.28. The normalized spacial score (nSPS) is 31.7. The summed E-state index contributed by atoms with van der Waals surface area (Å²) >= 11 is 1.87. The first-order chi connectivity index (χ1) is 9.19. The Morgan fingerprint density at radius 1 is 1.42 bits per heavy atom. The van der Waals surface area contributed by atoms with Gasteiger partial charge in [0.2, 0.25) is 0 Å². The average Bonchev–Trinajstić information content (AvgIpc) is 2.86. The lowest BCUT2D eigenvalue weighted by Crippen LogP contribution is -2.50. The lowest BCUT2D eigenvalue weighted by molar-refractivity contribution is -0.178. The van der Waals surface area contributed by atoms with Gasteiger partial charge in [-0.1, -0.05) is 13.8 Å². The SMILES string of the molecule is CCCNC1CCC2(CC1SC(C)CO)OCCO2. The summed E-state index contributed by atoms with van der Waals surface area (Å²) < 4.78 is 11.7. The average molecular weight is 289 g/mol. The second kappa shape index (κ2) is 7.27. The molecule has 0 amide bonds. The van der Waals surface area contributed by atoms with Crippen LogP contribution in [0.5, 0.6) is 0 Å². The van der Waals surface area contributed by atoms with Crippen LogP contribution in [0.1, 0.15) is 39.5 Å². The molecule has 0 aromatic carbocycles. The number of ether oxygens (including phenoxy) is 2. The molecule has 1 spiro atoms. The highest BCUT2D eigenvalue weighted by Gasteiger charge is 2.45. The highest BCUT2D eigenvalue weighted by atomic mass is 32.2. The fraction of sp³-hybridized carbons (Fsp3) is 1.00. The molecule has 1 saturated carbocycles. The van der Waals surface area contributed by atoms with Crippen LogP contribution in [0.15, 0.2) is 0 Å². The van der Waals surface area contributed by atoms with Gasteiger partial charge in [-0.2, -0.15) is 11.8 Å². The lowest BCUT2D eigenvalue weighted by atomic mass is 9.89. The molecule has 1 aliphatic heterocycles. The molecule has 2 rings (SSSR count). The Morgan fingerprint density at radius 2 is 2.16 bits per heavy atom. The van der Waals surface area contributed by atoms with Crippen molar-refractivity contribution >= 4 is 11.8 Å². The number of aliphatic hydroxyl groups excluding tert-OH is 1. The van der Waals surface area contributed by atoms with Crippen LogP contribution < -0.4 is 5.32 Å². The van der Waals surface area contributed by atoms with Gasteiger partial charge < -0.3 is 19.9 Å². The Hall–Kier alpha value is 0.190. The minimum Gasteiger partial charge on any atom is -0.395 e. The van der Waals surface area contributed by atoms with Crippen LogP contribution in [0.3, 0.4) is 0 Å². The topological polar surface area (TPSA) is 50.7 Å². The summed E-state index contributed by atoms with van der Waals surface area (Å²) in [4.78, 5) is 0. The minimum atomic E-state index is -0.336. The van der Waals surface area contributed by atoms with Crippen molar-refractivity contribution in [3.63, 3.8) is 0 Å². The van der Waals surface area contributed by atoms with E-state index >= 15 is 0 Å². The summed E-state index contributed by atoms with van der Waals surface area (Å²) in [5.74, 6) is -0.336. The van der Waals surface area contributed by atoms with Gasteiger partial charge in [-0.3, -0.25) is 0 Å². The fourth-order valence-corrected chi connectivity index (χ4v) is 4.37. The van der Waals surface area contributed by atoms with Crippen LogP contribution in [0.25, 0.3) is 0 Å². The van der Waals surface area contributed by atoms with Crippen molar-refractivity contribution in [2.24, 2.45) is 0 Å². The first kappa shape index (κ1) is 15.6. The van der Waals surface area contributed by atoms with Crippen molar-refractivity contribution in [3.8, 4) is 0 Å². The molecule has 5 heteroatoms. The Labute approximate surface area is 120 Å². The minimum absolute atomic E-state index is 0.233. The molecule has 0 aromatic heterocycles. The molecular formula is C14H27NO3S. The standard InChI is InChI=1S/C14H27NO3S/c1-3-6-15-12-4-5-14(17-7-8-18-14)9-13(12)19-11(2)10-16/h11-13,15-16H,3-10H2,1-2H3. The zero-order valence-corrected chi connectivity index (χ0v) is 12.9. The van der Waals surface area contributed by atoms with E-state index in [0.717, 1.165) is 45.4 Å². The van der Waals surface area contributed by atoms with Gasteiger partial charge in [0.05, 0.1) is 19.8 Å². The van der Waals surface area contributed by atoms with Crippen molar-refractivity contribution in [3.05, 3.63) is 0 Å². The highest BCUT2D eigenvalue weighted by Crippen LogP contribution is 2.41. The van der Waals surface area contributed by atoms with Gasteiger partial charge in [0.25, 0.3) is 0 Å². The van der Waals surface area contributed by atoms with Crippen LogP contribution >= 0.6 is 11.8 Å². The van der Waals surface area contributed by atoms with E-state index < -0.39 is 0 Å². The van der Waals surface area contributed by atoms with Crippen molar-refractivity contribution in [2.45, 2.75) is 61.9 Å². The Kier molecular flexibility index (Phi) is 5.96. The Balaban J connectivity index is 1.96. The third-order valence-corrected chi connectivity index (χ3v) is 5.39. The van der Waals surface area contributed by atoms with E-state index in [1.54, 1.807) is 0 Å². The molecule has 1 saturated heterocycles. The molecule has 3 atom stereocenters. The second-order valence-corrected chi connectivity index (χ2v) is 7.26. The molecular weight excluding hydrogens is 262 g/mol. The Morgan fingerprint density at radius 3 is 2.79 bits per heavy atom. The molecule has 4 nitrogen and oxygen atoms in total. The van der Waals surface area contributed by atoms with Crippen molar-refractivity contribution in [2.75, 3.05) is 26.4 Å². The van der Waals surface area contributed by atoms with E-state index in [0.29, 0.717) is 11.3 Å². The van der Waals surface area contributed by atoms with E-state index in [-0.39, 0.29) is 17.6 Å². The number of hydrogen-bond acceptors (Lipinski definition) is 5. The third-order valence-electron chi connectivity index (χ3n) is 3.93. The largest absolute Gasteiger partial charge is 0.395 e. The van der Waals surface area contributed by atoms with Crippen molar-refractivity contribution in [1.82, 2.24) is 5.32 Å². The van der Waals surface area contributed by atoms with Crippen LogP contribution in [-0.4, -0.2) is 53.8 Å². The van der Waals surface area contributed by atoms with Gasteiger partial charge in [-0.05, 0) is 19.4 Å². The lowest BCUT2D eigenvalue weighted by Gasteiger charge is -2.41. The predicted octanol–water partition coefficient (Wildman–Crippen LogP) is 1.76. The van der Waals surface area contributed by atoms with E-state index in [9.17, 15) is 5.11 Å². The maximum Gasteiger partial charge on any atom is 0.169 e. The molecule has 112 valence electrons. The van der Waals surface area contributed by atoms with Crippen LogP contribution in [-0.2, 0) is 9.47 Å². The first-order valence-corrected chi connectivity index (χ1v) is 8.41.